The van der Waals surface area contributed by atoms with Gasteiger partial charge in [0.15, 0.2) is 0 Å². The molecule has 0 saturated carbocycles. The highest BCUT2D eigenvalue weighted by Crippen LogP contribution is 2.03. The first-order chi connectivity index (χ1) is 7.68. The van der Waals surface area contributed by atoms with Crippen LogP contribution in [-0.4, -0.2) is 10.9 Å². The third-order valence-electron chi connectivity index (χ3n) is 2.22. The number of primary amides is 1. The van der Waals surface area contributed by atoms with Crippen LogP contribution in [0, 0.1) is 0 Å². The number of nitrogens with two attached hydrogens (primary N) is 1. The van der Waals surface area contributed by atoms with Gasteiger partial charge in [0.25, 0.3) is 5.91 Å². The molecule has 0 aromatic heterocycles. The highest BCUT2D eigenvalue weighted by molar-refractivity contribution is 5.90. The Labute approximate surface area is 92.7 Å². The van der Waals surface area contributed by atoms with Crippen LogP contribution in [0.4, 0.5) is 0 Å². The van der Waals surface area contributed by atoms with Crippen LogP contribution in [-0.2, 0) is 4.79 Å². The summed E-state index contributed by atoms with van der Waals surface area (Å²) in [5, 5.41) is 7.41. The molecule has 1 aromatic carbocycles. The molecule has 4 heteroatoms. The van der Waals surface area contributed by atoms with Crippen molar-refractivity contribution in [2.45, 2.75) is 0 Å². The second kappa shape index (κ2) is 4.02. The second-order valence-electron chi connectivity index (χ2n) is 3.32. The molecule has 0 bridgehead atoms. The molecule has 80 valence electrons. The molecule has 0 atom stereocenters. The third-order valence-corrected chi connectivity index (χ3v) is 2.22. The van der Waals surface area contributed by atoms with Crippen molar-refractivity contribution in [2.24, 2.45) is 10.8 Å². The molecule has 1 aliphatic rings. The van der Waals surface area contributed by atoms with Gasteiger partial charge in [-0.3, -0.25) is 4.79 Å². The fraction of sp³-hybridized carbons (Fsp3) is 0. The number of hydrogen-bond acceptors (Lipinski definition) is 3. The number of rotatable bonds is 2. The minimum atomic E-state index is -0.590. The van der Waals surface area contributed by atoms with Crippen molar-refractivity contribution in [3.8, 4) is 0 Å². The molecular formula is C12H11N3O. The average molecular weight is 213 g/mol. The summed E-state index contributed by atoms with van der Waals surface area (Å²) in [6, 6.07) is 7.61. The van der Waals surface area contributed by atoms with Gasteiger partial charge >= 0.3 is 0 Å². The van der Waals surface area contributed by atoms with Gasteiger partial charge in [-0.15, -0.1) is 0 Å². The molecule has 1 aliphatic heterocycles. The Kier molecular flexibility index (Phi) is 2.55. The topological polar surface area (TPSA) is 58.7 Å². The molecule has 0 spiro atoms. The fourth-order valence-electron chi connectivity index (χ4n) is 1.36. The molecule has 0 radical (unpaired) electrons. The zero-order valence-corrected chi connectivity index (χ0v) is 8.63. The van der Waals surface area contributed by atoms with E-state index in [-0.39, 0.29) is 5.70 Å². The monoisotopic (exact) mass is 213 g/mol. The fourth-order valence-corrected chi connectivity index (χ4v) is 1.36. The number of carbonyl (C=O) groups is 1. The van der Waals surface area contributed by atoms with Crippen molar-refractivity contribution in [2.75, 3.05) is 0 Å². The van der Waals surface area contributed by atoms with Crippen LogP contribution in [0.3, 0.4) is 0 Å². The van der Waals surface area contributed by atoms with Crippen molar-refractivity contribution in [1.82, 2.24) is 5.01 Å². The van der Waals surface area contributed by atoms with E-state index in [0.717, 1.165) is 10.6 Å². The second-order valence-corrected chi connectivity index (χ2v) is 3.32. The molecule has 2 N–H and O–H groups in total. The van der Waals surface area contributed by atoms with Crippen LogP contribution in [0.15, 0.2) is 53.9 Å². The van der Waals surface area contributed by atoms with E-state index in [9.17, 15) is 4.79 Å². The normalized spacial score (nSPS) is 13.1. The van der Waals surface area contributed by atoms with Gasteiger partial charge in [-0.25, -0.2) is 5.01 Å². The van der Waals surface area contributed by atoms with E-state index in [4.69, 9.17) is 5.73 Å². The largest absolute Gasteiger partial charge is 0.364 e. The lowest BCUT2D eigenvalue weighted by Crippen LogP contribution is -2.29. The number of carbonyl (C=O) groups excluding carboxylic acids is 1. The van der Waals surface area contributed by atoms with Gasteiger partial charge in [-0.2, -0.15) is 5.10 Å². The van der Waals surface area contributed by atoms with E-state index >= 15 is 0 Å². The van der Waals surface area contributed by atoms with Crippen LogP contribution in [0.1, 0.15) is 0 Å². The standard InChI is InChI=1S/C12H11N3O/c1-9(12(13)16)15-8-4-6-10-5-2-3-7-11(10)14-15/h2-8H,1H2,(H2,13,16). The molecule has 1 heterocycles. The van der Waals surface area contributed by atoms with Crippen molar-refractivity contribution in [1.29, 1.82) is 0 Å². The Balaban J connectivity index is 2.53. The molecule has 1 amide bonds. The first-order valence-electron chi connectivity index (χ1n) is 4.78. The molecule has 0 fully saturated rings. The van der Waals surface area contributed by atoms with Crippen LogP contribution >= 0.6 is 0 Å². The Morgan fingerprint density at radius 2 is 2.12 bits per heavy atom. The molecule has 16 heavy (non-hydrogen) atoms. The summed E-state index contributed by atoms with van der Waals surface area (Å²) in [5.74, 6) is -0.590. The number of amides is 1. The molecule has 0 saturated heterocycles. The van der Waals surface area contributed by atoms with Crippen LogP contribution in [0.5, 0.6) is 0 Å². The highest BCUT2D eigenvalue weighted by atomic mass is 16.1. The van der Waals surface area contributed by atoms with E-state index in [1.165, 1.54) is 5.01 Å². The zero-order chi connectivity index (χ0) is 11.5. The number of allylic oxidation sites excluding steroid dienone is 1. The summed E-state index contributed by atoms with van der Waals surface area (Å²) in [4.78, 5) is 11.0. The lowest BCUT2D eigenvalue weighted by Gasteiger charge is -2.12. The smallest absolute Gasteiger partial charge is 0.266 e. The number of benzene rings is 1. The van der Waals surface area contributed by atoms with Crippen LogP contribution in [0.25, 0.3) is 6.08 Å². The number of nitrogens with zero attached hydrogens (tertiary/aromatic N) is 2. The van der Waals surface area contributed by atoms with Crippen molar-refractivity contribution >= 4 is 12.0 Å². The summed E-state index contributed by atoms with van der Waals surface area (Å²) < 4.78 is 0. The van der Waals surface area contributed by atoms with Gasteiger partial charge in [-0.05, 0) is 12.1 Å². The SMILES string of the molecule is C=C(C(N)=O)N1C=CC=c2ccccc2=N1. The van der Waals surface area contributed by atoms with Crippen LogP contribution in [0.2, 0.25) is 0 Å². The predicted octanol–water partition coefficient (Wildman–Crippen LogP) is -0.170. The summed E-state index contributed by atoms with van der Waals surface area (Å²) in [6.07, 6.45) is 5.35. The summed E-state index contributed by atoms with van der Waals surface area (Å²) in [5.41, 5.74) is 5.29. The summed E-state index contributed by atoms with van der Waals surface area (Å²) in [7, 11) is 0. The lowest BCUT2D eigenvalue weighted by atomic mass is 10.3. The Bertz CT molecular complexity index is 587. The first-order valence-corrected chi connectivity index (χ1v) is 4.78. The summed E-state index contributed by atoms with van der Waals surface area (Å²) in [6.45, 7) is 3.58. The maximum Gasteiger partial charge on any atom is 0.266 e. The Morgan fingerprint density at radius 3 is 2.88 bits per heavy atom. The van der Waals surface area contributed by atoms with E-state index in [2.05, 4.69) is 11.7 Å². The maximum absolute atomic E-state index is 11.0. The molecular weight excluding hydrogens is 202 g/mol. The van der Waals surface area contributed by atoms with Crippen molar-refractivity contribution < 1.29 is 4.79 Å². The van der Waals surface area contributed by atoms with Gasteiger partial charge < -0.3 is 5.73 Å². The van der Waals surface area contributed by atoms with E-state index in [0.29, 0.717) is 0 Å². The molecule has 0 aliphatic carbocycles. The predicted molar refractivity (Wildman–Crippen MR) is 61.0 cm³/mol. The maximum atomic E-state index is 11.0. The van der Waals surface area contributed by atoms with Gasteiger partial charge in [-0.1, -0.05) is 30.9 Å². The molecule has 2 rings (SSSR count). The van der Waals surface area contributed by atoms with E-state index in [1.807, 2.05) is 30.3 Å². The Morgan fingerprint density at radius 1 is 1.38 bits per heavy atom. The van der Waals surface area contributed by atoms with Crippen LogP contribution < -0.4 is 16.3 Å². The molecule has 0 unspecified atom stereocenters. The van der Waals surface area contributed by atoms with Crippen molar-refractivity contribution in [3.05, 3.63) is 59.4 Å². The average Bonchev–Trinajstić information content (AvgIpc) is 2.49. The molecule has 1 aromatic rings. The zero-order valence-electron chi connectivity index (χ0n) is 8.63. The minimum Gasteiger partial charge on any atom is -0.364 e. The first kappa shape index (κ1) is 10.2. The van der Waals surface area contributed by atoms with Crippen molar-refractivity contribution in [3.63, 3.8) is 0 Å². The van der Waals surface area contributed by atoms with Gasteiger partial charge in [0.1, 0.15) is 5.70 Å². The van der Waals surface area contributed by atoms with Gasteiger partial charge in [0.05, 0.1) is 5.36 Å². The number of hydrogen-bond donors (Lipinski definition) is 1. The number of fused-ring (bicyclic) bond motifs is 1. The minimum absolute atomic E-state index is 0.140. The molecule has 4 nitrogen and oxygen atoms in total. The van der Waals surface area contributed by atoms with E-state index < -0.39 is 5.91 Å². The Hall–Kier alpha value is -2.36. The quantitative estimate of drug-likeness (QED) is 0.693. The lowest BCUT2D eigenvalue weighted by molar-refractivity contribution is -0.115. The van der Waals surface area contributed by atoms with Gasteiger partial charge in [0, 0.05) is 11.4 Å². The third kappa shape index (κ3) is 1.86. The summed E-state index contributed by atoms with van der Waals surface area (Å²) >= 11 is 0. The van der Waals surface area contributed by atoms with Gasteiger partial charge in [0.2, 0.25) is 0 Å². The highest BCUT2D eigenvalue weighted by Gasteiger charge is 2.09. The van der Waals surface area contributed by atoms with E-state index in [1.54, 1.807) is 12.3 Å².